The van der Waals surface area contributed by atoms with Crippen LogP contribution in [-0.2, 0) is 0 Å². The quantitative estimate of drug-likeness (QED) is 0.593. The highest BCUT2D eigenvalue weighted by atomic mass is 14.5. The molecule has 1 heteroatoms. The van der Waals surface area contributed by atoms with E-state index in [9.17, 15) is 0 Å². The first-order valence-corrected chi connectivity index (χ1v) is 5.17. The fraction of sp³-hybridized carbons (Fsp3) is 0.0667. The van der Waals surface area contributed by atoms with E-state index in [-0.39, 0.29) is 0 Å². The second-order valence-corrected chi connectivity index (χ2v) is 3.52. The van der Waals surface area contributed by atoms with Gasteiger partial charge in [-0.25, -0.2) is 0 Å². The van der Waals surface area contributed by atoms with Crippen molar-refractivity contribution in [1.82, 2.24) is 0 Å². The third-order valence-corrected chi connectivity index (χ3v) is 2.31. The van der Waals surface area contributed by atoms with Crippen molar-refractivity contribution in [2.75, 3.05) is 5.73 Å². The SMILES string of the molecule is C=C/C=C/C(=C\C=C)c1ccc(N)c(C)c1. The molecule has 0 saturated carbocycles. The first kappa shape index (κ1) is 12.1. The molecule has 1 rings (SSSR count). The van der Waals surface area contributed by atoms with Crippen LogP contribution in [-0.4, -0.2) is 0 Å². The molecule has 0 fully saturated rings. The molecule has 1 aromatic carbocycles. The van der Waals surface area contributed by atoms with Crippen LogP contribution in [0.2, 0.25) is 0 Å². The highest BCUT2D eigenvalue weighted by Gasteiger charge is 1.99. The molecule has 2 N–H and O–H groups in total. The van der Waals surface area contributed by atoms with E-state index in [0.29, 0.717) is 0 Å². The molecule has 0 unspecified atom stereocenters. The van der Waals surface area contributed by atoms with Crippen LogP contribution in [0.3, 0.4) is 0 Å². The molecular formula is C15H17N. The van der Waals surface area contributed by atoms with E-state index in [1.54, 1.807) is 12.2 Å². The van der Waals surface area contributed by atoms with Crippen molar-refractivity contribution in [2.24, 2.45) is 0 Å². The summed E-state index contributed by atoms with van der Waals surface area (Å²) >= 11 is 0. The van der Waals surface area contributed by atoms with Crippen LogP contribution in [0.5, 0.6) is 0 Å². The van der Waals surface area contributed by atoms with Gasteiger partial charge in [-0.05, 0) is 35.8 Å². The van der Waals surface area contributed by atoms with Gasteiger partial charge in [-0.3, -0.25) is 0 Å². The van der Waals surface area contributed by atoms with Crippen LogP contribution < -0.4 is 5.73 Å². The lowest BCUT2D eigenvalue weighted by molar-refractivity contribution is 1.45. The van der Waals surface area contributed by atoms with Crippen molar-refractivity contribution in [3.63, 3.8) is 0 Å². The largest absolute Gasteiger partial charge is 0.399 e. The molecule has 0 atom stereocenters. The summed E-state index contributed by atoms with van der Waals surface area (Å²) in [5.74, 6) is 0. The van der Waals surface area contributed by atoms with E-state index in [4.69, 9.17) is 5.73 Å². The van der Waals surface area contributed by atoms with Gasteiger partial charge in [0.25, 0.3) is 0 Å². The zero-order valence-electron chi connectivity index (χ0n) is 9.61. The summed E-state index contributed by atoms with van der Waals surface area (Å²) in [5, 5.41) is 0. The molecule has 1 aromatic rings. The molecule has 0 aromatic heterocycles. The summed E-state index contributed by atoms with van der Waals surface area (Å²) in [6, 6.07) is 5.99. The average molecular weight is 211 g/mol. The van der Waals surface area contributed by atoms with E-state index < -0.39 is 0 Å². The lowest BCUT2D eigenvalue weighted by Crippen LogP contribution is -1.90. The zero-order chi connectivity index (χ0) is 12.0. The Morgan fingerprint density at radius 3 is 2.56 bits per heavy atom. The van der Waals surface area contributed by atoms with Gasteiger partial charge in [0, 0.05) is 5.69 Å². The Bertz CT molecular complexity index is 451. The fourth-order valence-electron chi connectivity index (χ4n) is 1.40. The molecule has 0 spiro atoms. The molecule has 1 nitrogen and oxygen atoms in total. The maximum atomic E-state index is 5.79. The molecule has 0 saturated heterocycles. The second-order valence-electron chi connectivity index (χ2n) is 3.52. The summed E-state index contributed by atoms with van der Waals surface area (Å²) in [7, 11) is 0. The number of nitrogens with two attached hydrogens (primary N) is 1. The topological polar surface area (TPSA) is 26.0 Å². The van der Waals surface area contributed by atoms with E-state index >= 15 is 0 Å². The number of rotatable bonds is 4. The van der Waals surface area contributed by atoms with Crippen LogP contribution in [0, 0.1) is 6.92 Å². The Morgan fingerprint density at radius 1 is 1.25 bits per heavy atom. The first-order chi connectivity index (χ1) is 7.69. The van der Waals surface area contributed by atoms with Gasteiger partial charge in [-0.1, -0.05) is 49.6 Å². The van der Waals surface area contributed by atoms with E-state index in [2.05, 4.69) is 19.2 Å². The highest BCUT2D eigenvalue weighted by molar-refractivity contribution is 5.76. The zero-order valence-corrected chi connectivity index (χ0v) is 9.61. The minimum absolute atomic E-state index is 0.814. The minimum Gasteiger partial charge on any atom is -0.399 e. The van der Waals surface area contributed by atoms with Gasteiger partial charge in [0.15, 0.2) is 0 Å². The molecule has 0 aliphatic heterocycles. The molecule has 0 bridgehead atoms. The Morgan fingerprint density at radius 2 is 2.00 bits per heavy atom. The minimum atomic E-state index is 0.814. The summed E-state index contributed by atoms with van der Waals surface area (Å²) in [6.45, 7) is 9.37. The summed E-state index contributed by atoms with van der Waals surface area (Å²) < 4.78 is 0. The molecule has 82 valence electrons. The van der Waals surface area contributed by atoms with Crippen molar-refractivity contribution < 1.29 is 0 Å². The van der Waals surface area contributed by atoms with Crippen LogP contribution >= 0.6 is 0 Å². The predicted molar refractivity (Wildman–Crippen MR) is 73.1 cm³/mol. The number of aryl methyl sites for hydroxylation is 1. The number of benzene rings is 1. The van der Waals surface area contributed by atoms with Gasteiger partial charge >= 0.3 is 0 Å². The second kappa shape index (κ2) is 5.76. The standard InChI is InChI=1S/C15H17N/c1-4-6-8-13(7-5-2)14-9-10-15(16)12(3)11-14/h4-11H,1-2,16H2,3H3/b8-6+,13-7+. The third kappa shape index (κ3) is 2.99. The molecule has 0 radical (unpaired) electrons. The summed E-state index contributed by atoms with van der Waals surface area (Å²) in [5.41, 5.74) is 9.91. The van der Waals surface area contributed by atoms with Crippen LogP contribution in [0.1, 0.15) is 11.1 Å². The van der Waals surface area contributed by atoms with Crippen molar-refractivity contribution >= 4 is 11.3 Å². The third-order valence-electron chi connectivity index (χ3n) is 2.31. The maximum Gasteiger partial charge on any atom is 0.0344 e. The van der Waals surface area contributed by atoms with Gasteiger partial charge in [0.05, 0.1) is 0 Å². The molecule has 0 aliphatic carbocycles. The molecule has 16 heavy (non-hydrogen) atoms. The lowest BCUT2D eigenvalue weighted by atomic mass is 10.0. The van der Waals surface area contributed by atoms with Gasteiger partial charge in [-0.15, -0.1) is 0 Å². The van der Waals surface area contributed by atoms with E-state index in [1.165, 1.54) is 0 Å². The molecule has 0 heterocycles. The van der Waals surface area contributed by atoms with Gasteiger partial charge in [-0.2, -0.15) is 0 Å². The Kier molecular flexibility index (Phi) is 4.34. The van der Waals surface area contributed by atoms with Crippen molar-refractivity contribution in [1.29, 1.82) is 0 Å². The van der Waals surface area contributed by atoms with Crippen LogP contribution in [0.4, 0.5) is 5.69 Å². The Balaban J connectivity index is 3.16. The van der Waals surface area contributed by atoms with Crippen molar-refractivity contribution in [2.45, 2.75) is 6.92 Å². The van der Waals surface area contributed by atoms with Crippen molar-refractivity contribution in [3.05, 3.63) is 72.9 Å². The van der Waals surface area contributed by atoms with E-state index in [0.717, 1.165) is 22.4 Å². The molecular weight excluding hydrogens is 194 g/mol. The van der Waals surface area contributed by atoms with Gasteiger partial charge in [0.1, 0.15) is 0 Å². The first-order valence-electron chi connectivity index (χ1n) is 5.17. The number of anilines is 1. The molecule has 0 aliphatic rings. The monoisotopic (exact) mass is 211 g/mol. The van der Waals surface area contributed by atoms with Crippen molar-refractivity contribution in [3.8, 4) is 0 Å². The van der Waals surface area contributed by atoms with Crippen LogP contribution in [0.25, 0.3) is 5.57 Å². The maximum absolute atomic E-state index is 5.79. The smallest absolute Gasteiger partial charge is 0.0344 e. The van der Waals surface area contributed by atoms with Gasteiger partial charge < -0.3 is 5.73 Å². The Labute approximate surface area is 97.3 Å². The number of allylic oxidation sites excluding steroid dienone is 6. The normalized spacial score (nSPS) is 11.7. The summed E-state index contributed by atoms with van der Waals surface area (Å²) in [4.78, 5) is 0. The average Bonchev–Trinajstić information content (AvgIpc) is 2.28. The Hall–Kier alpha value is -2.02. The predicted octanol–water partition coefficient (Wildman–Crippen LogP) is 3.89. The highest BCUT2D eigenvalue weighted by Crippen LogP contribution is 2.20. The fourth-order valence-corrected chi connectivity index (χ4v) is 1.40. The van der Waals surface area contributed by atoms with Gasteiger partial charge in [0.2, 0.25) is 0 Å². The molecule has 0 amide bonds. The lowest BCUT2D eigenvalue weighted by Gasteiger charge is -2.05. The number of nitrogen functional groups attached to an aromatic ring is 1. The summed E-state index contributed by atoms with van der Waals surface area (Å²) in [6.07, 6.45) is 9.39. The number of hydrogen-bond donors (Lipinski definition) is 1. The van der Waals surface area contributed by atoms with E-state index in [1.807, 2.05) is 37.3 Å². The van der Waals surface area contributed by atoms with Crippen LogP contribution in [0.15, 0.2) is 61.7 Å². The number of hydrogen-bond acceptors (Lipinski definition) is 1.